The summed E-state index contributed by atoms with van der Waals surface area (Å²) in [6.07, 6.45) is 0.678. The zero-order valence-corrected chi connectivity index (χ0v) is 12.1. The van der Waals surface area contributed by atoms with Gasteiger partial charge in [-0.2, -0.15) is 0 Å². The predicted molar refractivity (Wildman–Crippen MR) is 75.5 cm³/mol. The molecule has 0 radical (unpaired) electrons. The number of hydrogen-bond acceptors (Lipinski definition) is 3. The summed E-state index contributed by atoms with van der Waals surface area (Å²) in [5.74, 6) is -1.53. The van der Waals surface area contributed by atoms with E-state index >= 15 is 0 Å². The Kier molecular flexibility index (Phi) is 6.18. The van der Waals surface area contributed by atoms with Crippen molar-refractivity contribution >= 4 is 11.9 Å². The highest BCUT2D eigenvalue weighted by atomic mass is 16.5. The van der Waals surface area contributed by atoms with Gasteiger partial charge < -0.3 is 15.2 Å². The SMILES string of the molecule is CC[C@H](C)[C@H](NC(=O)c1ccccc1COC)C(=O)O. The van der Waals surface area contributed by atoms with Crippen molar-refractivity contribution in [3.8, 4) is 0 Å². The van der Waals surface area contributed by atoms with E-state index in [-0.39, 0.29) is 11.8 Å². The Hall–Kier alpha value is -1.88. The summed E-state index contributed by atoms with van der Waals surface area (Å²) < 4.78 is 5.04. The van der Waals surface area contributed by atoms with E-state index in [1.165, 1.54) is 0 Å². The highest BCUT2D eigenvalue weighted by Crippen LogP contribution is 2.13. The summed E-state index contributed by atoms with van der Waals surface area (Å²) in [4.78, 5) is 23.5. The molecule has 1 aromatic rings. The molecule has 0 aliphatic heterocycles. The smallest absolute Gasteiger partial charge is 0.326 e. The first-order chi connectivity index (χ1) is 9.51. The average Bonchev–Trinajstić information content (AvgIpc) is 2.44. The summed E-state index contributed by atoms with van der Waals surface area (Å²) in [5, 5.41) is 11.8. The van der Waals surface area contributed by atoms with Crippen molar-refractivity contribution in [1.29, 1.82) is 0 Å². The van der Waals surface area contributed by atoms with Gasteiger partial charge in [0.2, 0.25) is 0 Å². The van der Waals surface area contributed by atoms with E-state index in [2.05, 4.69) is 5.32 Å². The number of carboxylic acid groups (broad SMARTS) is 1. The van der Waals surface area contributed by atoms with E-state index in [9.17, 15) is 14.7 Å². The van der Waals surface area contributed by atoms with Crippen molar-refractivity contribution in [3.05, 3.63) is 35.4 Å². The van der Waals surface area contributed by atoms with Crippen molar-refractivity contribution in [2.45, 2.75) is 32.9 Å². The summed E-state index contributed by atoms with van der Waals surface area (Å²) in [6, 6.07) is 6.13. The van der Waals surface area contributed by atoms with Crippen molar-refractivity contribution in [2.75, 3.05) is 7.11 Å². The van der Waals surface area contributed by atoms with Gasteiger partial charge in [0.25, 0.3) is 5.91 Å². The number of nitrogens with one attached hydrogen (secondary N) is 1. The largest absolute Gasteiger partial charge is 0.480 e. The van der Waals surface area contributed by atoms with E-state index in [0.717, 1.165) is 5.56 Å². The summed E-state index contributed by atoms with van der Waals surface area (Å²) in [5.41, 5.74) is 1.18. The van der Waals surface area contributed by atoms with Gasteiger partial charge in [0.15, 0.2) is 0 Å². The Morgan fingerprint density at radius 3 is 2.55 bits per heavy atom. The number of benzene rings is 1. The van der Waals surface area contributed by atoms with Crippen LogP contribution in [-0.2, 0) is 16.1 Å². The van der Waals surface area contributed by atoms with Gasteiger partial charge >= 0.3 is 5.97 Å². The molecule has 0 spiro atoms. The Bertz CT molecular complexity index is 473. The lowest BCUT2D eigenvalue weighted by atomic mass is 9.98. The van der Waals surface area contributed by atoms with Crippen LogP contribution < -0.4 is 5.32 Å². The van der Waals surface area contributed by atoms with Crippen LogP contribution in [0.5, 0.6) is 0 Å². The molecule has 0 heterocycles. The van der Waals surface area contributed by atoms with Crippen LogP contribution in [0, 0.1) is 5.92 Å². The first kappa shape index (κ1) is 16.2. The van der Waals surface area contributed by atoms with Gasteiger partial charge in [0.1, 0.15) is 6.04 Å². The Balaban J connectivity index is 2.92. The van der Waals surface area contributed by atoms with Gasteiger partial charge in [-0.15, -0.1) is 0 Å². The van der Waals surface area contributed by atoms with Gasteiger partial charge in [0, 0.05) is 12.7 Å². The molecule has 2 atom stereocenters. The van der Waals surface area contributed by atoms with E-state index in [0.29, 0.717) is 18.6 Å². The third-order valence-corrected chi connectivity index (χ3v) is 3.33. The maximum atomic E-state index is 12.2. The molecular weight excluding hydrogens is 258 g/mol. The van der Waals surface area contributed by atoms with Crippen LogP contribution in [0.3, 0.4) is 0 Å². The van der Waals surface area contributed by atoms with Crippen LogP contribution in [0.1, 0.15) is 36.2 Å². The minimum atomic E-state index is -1.02. The molecular formula is C15H21NO4. The van der Waals surface area contributed by atoms with Crippen LogP contribution in [-0.4, -0.2) is 30.1 Å². The van der Waals surface area contributed by atoms with Crippen LogP contribution in [0.4, 0.5) is 0 Å². The number of amides is 1. The molecule has 0 unspecified atom stereocenters. The highest BCUT2D eigenvalue weighted by molar-refractivity contribution is 5.97. The Labute approximate surface area is 118 Å². The maximum absolute atomic E-state index is 12.2. The van der Waals surface area contributed by atoms with Crippen LogP contribution >= 0.6 is 0 Å². The second-order valence-electron chi connectivity index (χ2n) is 4.77. The second-order valence-corrected chi connectivity index (χ2v) is 4.77. The van der Waals surface area contributed by atoms with Crippen LogP contribution in [0.2, 0.25) is 0 Å². The zero-order valence-electron chi connectivity index (χ0n) is 12.1. The molecule has 0 aliphatic carbocycles. The van der Waals surface area contributed by atoms with E-state index in [1.54, 1.807) is 32.2 Å². The van der Waals surface area contributed by atoms with Crippen molar-refractivity contribution < 1.29 is 19.4 Å². The molecule has 1 amide bonds. The minimum absolute atomic E-state index is 0.133. The van der Waals surface area contributed by atoms with Gasteiger partial charge in [-0.3, -0.25) is 4.79 Å². The molecule has 0 saturated carbocycles. The predicted octanol–water partition coefficient (Wildman–Crippen LogP) is 2.06. The van der Waals surface area contributed by atoms with Gasteiger partial charge in [0.05, 0.1) is 6.61 Å². The first-order valence-corrected chi connectivity index (χ1v) is 6.61. The van der Waals surface area contributed by atoms with Gasteiger partial charge in [-0.25, -0.2) is 4.79 Å². The fraction of sp³-hybridized carbons (Fsp3) is 0.467. The lowest BCUT2D eigenvalue weighted by Gasteiger charge is -2.20. The lowest BCUT2D eigenvalue weighted by Crippen LogP contribution is -2.45. The quantitative estimate of drug-likeness (QED) is 0.801. The molecule has 5 heteroatoms. The first-order valence-electron chi connectivity index (χ1n) is 6.61. The number of carbonyl (C=O) groups excluding carboxylic acids is 1. The molecule has 2 N–H and O–H groups in total. The molecule has 1 rings (SSSR count). The number of rotatable bonds is 7. The number of ether oxygens (including phenoxy) is 1. The minimum Gasteiger partial charge on any atom is -0.480 e. The molecule has 0 saturated heterocycles. The monoisotopic (exact) mass is 279 g/mol. The maximum Gasteiger partial charge on any atom is 0.326 e. The molecule has 0 bridgehead atoms. The second kappa shape index (κ2) is 7.65. The molecule has 1 aromatic carbocycles. The number of aliphatic carboxylic acids is 1. The van der Waals surface area contributed by atoms with E-state index < -0.39 is 12.0 Å². The third-order valence-electron chi connectivity index (χ3n) is 3.33. The lowest BCUT2D eigenvalue weighted by molar-refractivity contribution is -0.140. The molecule has 20 heavy (non-hydrogen) atoms. The standard InChI is InChI=1S/C15H21NO4/c1-4-10(2)13(15(18)19)16-14(17)12-8-6-5-7-11(12)9-20-3/h5-8,10,13H,4,9H2,1-3H3,(H,16,17)(H,18,19)/t10-,13-/m0/s1. The fourth-order valence-corrected chi connectivity index (χ4v) is 1.93. The average molecular weight is 279 g/mol. The van der Waals surface area contributed by atoms with Crippen LogP contribution in [0.25, 0.3) is 0 Å². The topological polar surface area (TPSA) is 75.6 Å². The molecule has 110 valence electrons. The molecule has 0 fully saturated rings. The van der Waals surface area contributed by atoms with Crippen molar-refractivity contribution in [3.63, 3.8) is 0 Å². The van der Waals surface area contributed by atoms with E-state index in [1.807, 2.05) is 13.0 Å². The van der Waals surface area contributed by atoms with Gasteiger partial charge in [-0.1, -0.05) is 38.5 Å². The Morgan fingerprint density at radius 2 is 2.00 bits per heavy atom. The summed E-state index contributed by atoms with van der Waals surface area (Å²) in [7, 11) is 1.55. The number of methoxy groups -OCH3 is 1. The Morgan fingerprint density at radius 1 is 1.35 bits per heavy atom. The summed E-state index contributed by atoms with van der Waals surface area (Å²) >= 11 is 0. The number of hydrogen-bond donors (Lipinski definition) is 2. The normalized spacial score (nSPS) is 13.6. The molecule has 0 aromatic heterocycles. The molecule has 5 nitrogen and oxygen atoms in total. The van der Waals surface area contributed by atoms with Gasteiger partial charge in [-0.05, 0) is 17.5 Å². The zero-order chi connectivity index (χ0) is 15.1. The van der Waals surface area contributed by atoms with Crippen molar-refractivity contribution in [1.82, 2.24) is 5.32 Å². The molecule has 0 aliphatic rings. The number of carboxylic acids is 1. The van der Waals surface area contributed by atoms with Crippen molar-refractivity contribution in [2.24, 2.45) is 5.92 Å². The summed E-state index contributed by atoms with van der Waals surface area (Å²) in [6.45, 7) is 4.01. The van der Waals surface area contributed by atoms with E-state index in [4.69, 9.17) is 4.74 Å². The number of carbonyl (C=O) groups is 2. The van der Waals surface area contributed by atoms with Crippen LogP contribution in [0.15, 0.2) is 24.3 Å². The fourth-order valence-electron chi connectivity index (χ4n) is 1.93. The third kappa shape index (κ3) is 4.06. The highest BCUT2D eigenvalue weighted by Gasteiger charge is 2.26.